The van der Waals surface area contributed by atoms with E-state index in [1.165, 1.54) is 0 Å². The summed E-state index contributed by atoms with van der Waals surface area (Å²) >= 11 is 0. The van der Waals surface area contributed by atoms with Gasteiger partial charge in [-0.2, -0.15) is 4.98 Å². The van der Waals surface area contributed by atoms with Crippen LogP contribution in [0, 0.1) is 5.92 Å². The molecule has 3 rings (SSSR count). The van der Waals surface area contributed by atoms with Crippen molar-refractivity contribution in [3.63, 3.8) is 0 Å². The zero-order chi connectivity index (χ0) is 17.4. The Morgan fingerprint density at radius 2 is 1.96 bits per heavy atom. The molecule has 0 bridgehead atoms. The maximum absolute atomic E-state index is 13.8. The van der Waals surface area contributed by atoms with Crippen LogP contribution in [0.5, 0.6) is 0 Å². The van der Waals surface area contributed by atoms with E-state index < -0.39 is 33.2 Å². The standard InChI is InChI=1S/C15H23F2N3O3S/c1-2-12-18-13(19-23-12)14(7-3-4-8-14)20-24(21,22)10-11-6-5-9-15(11,16)17/h11,20H,2-10H2,1H3. The number of sulfonamides is 1. The molecule has 1 atom stereocenters. The van der Waals surface area contributed by atoms with Crippen molar-refractivity contribution in [3.8, 4) is 0 Å². The van der Waals surface area contributed by atoms with Crippen LogP contribution in [0.4, 0.5) is 8.78 Å². The third kappa shape index (κ3) is 3.46. The summed E-state index contributed by atoms with van der Waals surface area (Å²) in [6.07, 6.45) is 3.70. The van der Waals surface area contributed by atoms with Crippen LogP contribution in [0.2, 0.25) is 0 Å². The molecule has 2 fully saturated rings. The molecule has 2 saturated carbocycles. The minimum atomic E-state index is -3.88. The maximum atomic E-state index is 13.8. The molecule has 0 aromatic carbocycles. The van der Waals surface area contributed by atoms with Gasteiger partial charge in [0, 0.05) is 18.8 Å². The Balaban J connectivity index is 1.80. The third-order valence-electron chi connectivity index (χ3n) is 5.09. The van der Waals surface area contributed by atoms with E-state index in [1.807, 2.05) is 6.92 Å². The largest absolute Gasteiger partial charge is 0.339 e. The SMILES string of the molecule is CCc1nc(C2(NS(=O)(=O)CC3CCCC3(F)F)CCCC2)no1. The summed E-state index contributed by atoms with van der Waals surface area (Å²) in [6, 6.07) is 0. The second-order valence-corrected chi connectivity index (χ2v) is 8.66. The molecule has 1 N–H and O–H groups in total. The van der Waals surface area contributed by atoms with Gasteiger partial charge in [-0.1, -0.05) is 24.9 Å². The highest BCUT2D eigenvalue weighted by Crippen LogP contribution is 2.42. The lowest BCUT2D eigenvalue weighted by atomic mass is 9.98. The Morgan fingerprint density at radius 1 is 1.25 bits per heavy atom. The van der Waals surface area contributed by atoms with Crippen molar-refractivity contribution in [2.45, 2.75) is 69.8 Å². The van der Waals surface area contributed by atoms with Crippen LogP contribution in [0.1, 0.15) is 63.6 Å². The molecule has 24 heavy (non-hydrogen) atoms. The fraction of sp³-hybridized carbons (Fsp3) is 0.867. The Hall–Kier alpha value is -1.09. The maximum Gasteiger partial charge on any atom is 0.251 e. The fourth-order valence-electron chi connectivity index (χ4n) is 3.75. The molecule has 6 nitrogen and oxygen atoms in total. The summed E-state index contributed by atoms with van der Waals surface area (Å²) < 4.78 is 60.4. The summed E-state index contributed by atoms with van der Waals surface area (Å²) in [5.41, 5.74) is -0.927. The Morgan fingerprint density at radius 3 is 2.50 bits per heavy atom. The number of aryl methyl sites for hydroxylation is 1. The van der Waals surface area contributed by atoms with Crippen molar-refractivity contribution >= 4 is 10.0 Å². The van der Waals surface area contributed by atoms with Crippen LogP contribution in [-0.2, 0) is 22.0 Å². The highest BCUT2D eigenvalue weighted by molar-refractivity contribution is 7.89. The molecule has 2 aliphatic rings. The molecule has 2 aliphatic carbocycles. The summed E-state index contributed by atoms with van der Waals surface area (Å²) in [4.78, 5) is 4.27. The van der Waals surface area contributed by atoms with Gasteiger partial charge in [0.15, 0.2) is 5.82 Å². The number of rotatable bonds is 6. The predicted octanol–water partition coefficient (Wildman–Crippen LogP) is 2.76. The van der Waals surface area contributed by atoms with Gasteiger partial charge >= 0.3 is 0 Å². The van der Waals surface area contributed by atoms with Gasteiger partial charge in [-0.3, -0.25) is 0 Å². The minimum absolute atomic E-state index is 0.233. The van der Waals surface area contributed by atoms with E-state index in [0.29, 0.717) is 37.4 Å². The highest BCUT2D eigenvalue weighted by atomic mass is 32.2. The average Bonchev–Trinajstić information content (AvgIpc) is 3.20. The van der Waals surface area contributed by atoms with Crippen LogP contribution in [-0.4, -0.2) is 30.2 Å². The number of alkyl halides is 2. The van der Waals surface area contributed by atoms with Gasteiger partial charge in [0.2, 0.25) is 15.9 Å². The Bertz CT molecular complexity index is 684. The molecule has 1 unspecified atom stereocenters. The lowest BCUT2D eigenvalue weighted by molar-refractivity contribution is -0.0289. The van der Waals surface area contributed by atoms with E-state index in [4.69, 9.17) is 4.52 Å². The number of aromatic nitrogens is 2. The van der Waals surface area contributed by atoms with Crippen LogP contribution in [0.15, 0.2) is 4.52 Å². The number of halogens is 2. The molecular weight excluding hydrogens is 340 g/mol. The van der Waals surface area contributed by atoms with Crippen LogP contribution < -0.4 is 4.72 Å². The normalized spacial score (nSPS) is 26.0. The topological polar surface area (TPSA) is 85.1 Å². The van der Waals surface area contributed by atoms with Gasteiger partial charge in [0.25, 0.3) is 5.92 Å². The van der Waals surface area contributed by atoms with Crippen molar-refractivity contribution in [1.29, 1.82) is 0 Å². The van der Waals surface area contributed by atoms with Gasteiger partial charge in [0.05, 0.1) is 11.3 Å². The monoisotopic (exact) mass is 363 g/mol. The summed E-state index contributed by atoms with van der Waals surface area (Å²) in [5.74, 6) is -3.82. The lowest BCUT2D eigenvalue weighted by Crippen LogP contribution is -2.47. The van der Waals surface area contributed by atoms with Gasteiger partial charge in [-0.15, -0.1) is 0 Å². The first-order valence-corrected chi connectivity index (χ1v) is 10.1. The van der Waals surface area contributed by atoms with Gasteiger partial charge in [-0.05, 0) is 25.7 Å². The van der Waals surface area contributed by atoms with Gasteiger partial charge in [-0.25, -0.2) is 21.9 Å². The van der Waals surface area contributed by atoms with Crippen LogP contribution in [0.25, 0.3) is 0 Å². The molecular formula is C15H23F2N3O3S. The number of nitrogens with one attached hydrogen (secondary N) is 1. The summed E-state index contributed by atoms with van der Waals surface area (Å²) in [5, 5.41) is 3.92. The van der Waals surface area contributed by atoms with Gasteiger partial charge < -0.3 is 4.52 Å². The number of hydrogen-bond acceptors (Lipinski definition) is 5. The van der Waals surface area contributed by atoms with E-state index in [0.717, 1.165) is 12.8 Å². The highest BCUT2D eigenvalue weighted by Gasteiger charge is 2.48. The minimum Gasteiger partial charge on any atom is -0.339 e. The third-order valence-corrected chi connectivity index (χ3v) is 6.63. The molecule has 1 aromatic heterocycles. The quantitative estimate of drug-likeness (QED) is 0.840. The van der Waals surface area contributed by atoms with E-state index in [9.17, 15) is 17.2 Å². The molecule has 9 heteroatoms. The molecule has 0 radical (unpaired) electrons. The first-order valence-electron chi connectivity index (χ1n) is 8.49. The van der Waals surface area contributed by atoms with E-state index in [-0.39, 0.29) is 12.8 Å². The second kappa shape index (κ2) is 6.33. The Kier molecular flexibility index (Phi) is 4.67. The molecule has 0 aliphatic heterocycles. The van der Waals surface area contributed by atoms with Crippen molar-refractivity contribution in [3.05, 3.63) is 11.7 Å². The van der Waals surface area contributed by atoms with Gasteiger partial charge in [0.1, 0.15) is 0 Å². The van der Waals surface area contributed by atoms with Crippen LogP contribution >= 0.6 is 0 Å². The zero-order valence-electron chi connectivity index (χ0n) is 13.7. The van der Waals surface area contributed by atoms with Crippen molar-refractivity contribution in [2.24, 2.45) is 5.92 Å². The number of hydrogen-bond donors (Lipinski definition) is 1. The molecule has 1 heterocycles. The molecule has 0 amide bonds. The molecule has 0 saturated heterocycles. The predicted molar refractivity (Wildman–Crippen MR) is 83.0 cm³/mol. The average molecular weight is 363 g/mol. The number of nitrogens with zero attached hydrogens (tertiary/aromatic N) is 2. The molecule has 136 valence electrons. The molecule has 0 spiro atoms. The summed E-state index contributed by atoms with van der Waals surface area (Å²) in [6.45, 7) is 1.87. The smallest absolute Gasteiger partial charge is 0.251 e. The summed E-state index contributed by atoms with van der Waals surface area (Å²) in [7, 11) is -3.88. The van der Waals surface area contributed by atoms with E-state index in [1.54, 1.807) is 0 Å². The zero-order valence-corrected chi connectivity index (χ0v) is 14.5. The van der Waals surface area contributed by atoms with E-state index >= 15 is 0 Å². The Labute approximate surface area is 140 Å². The first kappa shape index (κ1) is 17.7. The molecule has 1 aromatic rings. The van der Waals surface area contributed by atoms with Crippen LogP contribution in [0.3, 0.4) is 0 Å². The van der Waals surface area contributed by atoms with Crippen molar-refractivity contribution in [1.82, 2.24) is 14.9 Å². The van der Waals surface area contributed by atoms with Crippen molar-refractivity contribution < 1.29 is 21.7 Å². The fourth-order valence-corrected chi connectivity index (χ4v) is 5.67. The second-order valence-electron chi connectivity index (χ2n) is 6.89. The lowest BCUT2D eigenvalue weighted by Gasteiger charge is -2.28. The van der Waals surface area contributed by atoms with E-state index in [2.05, 4.69) is 14.9 Å². The first-order chi connectivity index (χ1) is 11.3. The van der Waals surface area contributed by atoms with Crippen molar-refractivity contribution in [2.75, 3.05) is 5.75 Å².